The Morgan fingerprint density at radius 2 is 2.06 bits per heavy atom. The van der Waals surface area contributed by atoms with Crippen molar-refractivity contribution in [2.45, 2.75) is 44.4 Å². The summed E-state index contributed by atoms with van der Waals surface area (Å²) in [7, 11) is 0. The predicted octanol–water partition coefficient (Wildman–Crippen LogP) is 2.16. The van der Waals surface area contributed by atoms with Gasteiger partial charge < -0.3 is 5.73 Å². The van der Waals surface area contributed by atoms with Crippen molar-refractivity contribution in [1.82, 2.24) is 4.98 Å². The van der Waals surface area contributed by atoms with Gasteiger partial charge in [0.2, 0.25) is 5.91 Å². The lowest BCUT2D eigenvalue weighted by Gasteiger charge is -2.20. The molecule has 1 aliphatic carbocycles. The fraction of sp³-hybridized carbons (Fsp3) is 0.538. The molecule has 0 aliphatic heterocycles. The van der Waals surface area contributed by atoms with Crippen LogP contribution in [-0.4, -0.2) is 10.9 Å². The molecule has 0 atom stereocenters. The number of rotatable bonds is 3. The van der Waals surface area contributed by atoms with E-state index in [-0.39, 0.29) is 12.3 Å². The number of amides is 1. The Morgan fingerprint density at radius 3 is 2.62 bits per heavy atom. The average molecular weight is 218 g/mol. The number of carbonyl (C=O) groups excluding carboxylic acids is 1. The first-order chi connectivity index (χ1) is 7.75. The van der Waals surface area contributed by atoms with Crippen molar-refractivity contribution in [3.63, 3.8) is 0 Å². The summed E-state index contributed by atoms with van der Waals surface area (Å²) in [6.45, 7) is 0. The number of primary amides is 1. The van der Waals surface area contributed by atoms with Crippen LogP contribution >= 0.6 is 0 Å². The van der Waals surface area contributed by atoms with E-state index in [0.29, 0.717) is 5.92 Å². The summed E-state index contributed by atoms with van der Waals surface area (Å²) >= 11 is 0. The molecule has 1 saturated carbocycles. The Kier molecular flexibility index (Phi) is 3.54. The molecule has 86 valence electrons. The number of carbonyl (C=O) groups is 1. The number of nitrogens with zero attached hydrogens (tertiary/aromatic N) is 1. The highest BCUT2D eigenvalue weighted by Crippen LogP contribution is 2.31. The summed E-state index contributed by atoms with van der Waals surface area (Å²) in [6.07, 6.45) is 8.57. The van der Waals surface area contributed by atoms with Crippen LogP contribution in [0.5, 0.6) is 0 Å². The second-order valence-corrected chi connectivity index (χ2v) is 4.57. The summed E-state index contributed by atoms with van der Waals surface area (Å²) in [5.74, 6) is 0.323. The summed E-state index contributed by atoms with van der Waals surface area (Å²) in [4.78, 5) is 15.2. The van der Waals surface area contributed by atoms with Gasteiger partial charge in [0.15, 0.2) is 0 Å². The van der Waals surface area contributed by atoms with Gasteiger partial charge in [-0.3, -0.25) is 9.78 Å². The highest BCUT2D eigenvalue weighted by molar-refractivity contribution is 5.76. The highest BCUT2D eigenvalue weighted by atomic mass is 16.1. The van der Waals surface area contributed by atoms with Crippen LogP contribution in [0.3, 0.4) is 0 Å². The third-order valence-electron chi connectivity index (χ3n) is 3.25. The first-order valence-corrected chi connectivity index (χ1v) is 5.99. The fourth-order valence-corrected chi connectivity index (χ4v) is 2.38. The maximum absolute atomic E-state index is 10.7. The third-order valence-corrected chi connectivity index (χ3v) is 3.25. The Hall–Kier alpha value is -1.38. The van der Waals surface area contributed by atoms with E-state index in [9.17, 15) is 4.79 Å². The lowest BCUT2D eigenvalue weighted by Crippen LogP contribution is -2.14. The van der Waals surface area contributed by atoms with Crippen LogP contribution in [-0.2, 0) is 11.2 Å². The molecule has 0 saturated heterocycles. The van der Waals surface area contributed by atoms with Gasteiger partial charge in [-0.2, -0.15) is 0 Å². The van der Waals surface area contributed by atoms with Crippen molar-refractivity contribution < 1.29 is 4.79 Å². The number of aromatic nitrogens is 1. The molecule has 1 heterocycles. The summed E-state index contributed by atoms with van der Waals surface area (Å²) < 4.78 is 0. The lowest BCUT2D eigenvalue weighted by molar-refractivity contribution is -0.117. The van der Waals surface area contributed by atoms with Crippen LogP contribution in [0.2, 0.25) is 0 Å². The molecule has 16 heavy (non-hydrogen) atoms. The minimum Gasteiger partial charge on any atom is -0.369 e. The van der Waals surface area contributed by atoms with Gasteiger partial charge in [0, 0.05) is 17.8 Å². The molecule has 2 N–H and O–H groups in total. The second-order valence-electron chi connectivity index (χ2n) is 4.57. The van der Waals surface area contributed by atoms with Gasteiger partial charge in [-0.25, -0.2) is 0 Å². The smallest absolute Gasteiger partial charge is 0.221 e. The average Bonchev–Trinajstić information content (AvgIpc) is 2.30. The molecule has 1 aromatic heterocycles. The third kappa shape index (κ3) is 2.81. The molecule has 1 amide bonds. The minimum absolute atomic E-state index is 0.290. The molecule has 0 unspecified atom stereocenters. The van der Waals surface area contributed by atoms with Gasteiger partial charge in [0.25, 0.3) is 0 Å². The van der Waals surface area contributed by atoms with Crippen molar-refractivity contribution >= 4 is 5.91 Å². The van der Waals surface area contributed by atoms with Crippen molar-refractivity contribution in [3.8, 4) is 0 Å². The van der Waals surface area contributed by atoms with Crippen LogP contribution in [0, 0.1) is 0 Å². The molecule has 0 spiro atoms. The van der Waals surface area contributed by atoms with Gasteiger partial charge >= 0.3 is 0 Å². The molecular formula is C13H18N2O. The van der Waals surface area contributed by atoms with E-state index in [0.717, 1.165) is 5.56 Å². The zero-order valence-electron chi connectivity index (χ0n) is 9.48. The fourth-order valence-electron chi connectivity index (χ4n) is 2.38. The van der Waals surface area contributed by atoms with Crippen molar-refractivity contribution in [3.05, 3.63) is 29.6 Å². The van der Waals surface area contributed by atoms with Gasteiger partial charge in [-0.15, -0.1) is 0 Å². The molecule has 0 radical (unpaired) electrons. The zero-order chi connectivity index (χ0) is 11.4. The van der Waals surface area contributed by atoms with Crippen LogP contribution in [0.1, 0.15) is 49.3 Å². The van der Waals surface area contributed by atoms with E-state index in [2.05, 4.69) is 4.98 Å². The Labute approximate surface area is 96.1 Å². The van der Waals surface area contributed by atoms with Crippen molar-refractivity contribution in [2.24, 2.45) is 5.73 Å². The molecule has 1 fully saturated rings. The molecule has 0 aromatic carbocycles. The topological polar surface area (TPSA) is 56.0 Å². The summed E-state index contributed by atoms with van der Waals surface area (Å²) in [5.41, 5.74) is 7.22. The van der Waals surface area contributed by atoms with Crippen LogP contribution in [0.4, 0.5) is 0 Å². The lowest BCUT2D eigenvalue weighted by atomic mass is 9.86. The van der Waals surface area contributed by atoms with E-state index < -0.39 is 0 Å². The molecule has 0 bridgehead atoms. The predicted molar refractivity (Wildman–Crippen MR) is 63.0 cm³/mol. The Bertz CT molecular complexity index is 353. The van der Waals surface area contributed by atoms with E-state index in [4.69, 9.17) is 5.73 Å². The monoisotopic (exact) mass is 218 g/mol. The number of pyridine rings is 1. The van der Waals surface area contributed by atoms with Gasteiger partial charge in [0.1, 0.15) is 0 Å². The quantitative estimate of drug-likeness (QED) is 0.845. The normalized spacial score (nSPS) is 17.2. The maximum Gasteiger partial charge on any atom is 0.221 e. The molecule has 3 heteroatoms. The molecule has 1 aliphatic rings. The zero-order valence-corrected chi connectivity index (χ0v) is 9.48. The highest BCUT2D eigenvalue weighted by Gasteiger charge is 2.16. The SMILES string of the molecule is NC(=O)Cc1ccc(C2CCCCC2)nc1. The molecule has 3 nitrogen and oxygen atoms in total. The van der Waals surface area contributed by atoms with E-state index in [1.54, 1.807) is 6.20 Å². The van der Waals surface area contributed by atoms with Crippen LogP contribution < -0.4 is 5.73 Å². The van der Waals surface area contributed by atoms with Gasteiger partial charge in [-0.1, -0.05) is 25.3 Å². The van der Waals surface area contributed by atoms with E-state index >= 15 is 0 Å². The Morgan fingerprint density at radius 1 is 1.31 bits per heavy atom. The van der Waals surface area contributed by atoms with Crippen molar-refractivity contribution in [1.29, 1.82) is 0 Å². The number of hydrogen-bond acceptors (Lipinski definition) is 2. The Balaban J connectivity index is 2.03. The standard InChI is InChI=1S/C13H18N2O/c14-13(16)8-10-6-7-12(15-9-10)11-4-2-1-3-5-11/h6-7,9,11H,1-5,8H2,(H2,14,16). The van der Waals surface area contributed by atoms with Crippen LogP contribution in [0.25, 0.3) is 0 Å². The first kappa shape index (κ1) is 11.1. The van der Waals surface area contributed by atoms with E-state index in [1.807, 2.05) is 12.1 Å². The first-order valence-electron chi connectivity index (χ1n) is 5.99. The van der Waals surface area contributed by atoms with Crippen LogP contribution in [0.15, 0.2) is 18.3 Å². The summed E-state index contributed by atoms with van der Waals surface area (Å²) in [6, 6.07) is 4.02. The molecular weight excluding hydrogens is 200 g/mol. The minimum atomic E-state index is -0.299. The van der Waals surface area contributed by atoms with E-state index in [1.165, 1.54) is 37.8 Å². The maximum atomic E-state index is 10.7. The summed E-state index contributed by atoms with van der Waals surface area (Å²) in [5, 5.41) is 0. The second kappa shape index (κ2) is 5.10. The molecule has 2 rings (SSSR count). The van der Waals surface area contributed by atoms with Gasteiger partial charge in [0.05, 0.1) is 6.42 Å². The van der Waals surface area contributed by atoms with Gasteiger partial charge in [-0.05, 0) is 24.5 Å². The number of hydrogen-bond donors (Lipinski definition) is 1. The number of nitrogens with two attached hydrogens (primary N) is 1. The molecule has 1 aromatic rings. The van der Waals surface area contributed by atoms with Crippen molar-refractivity contribution in [2.75, 3.05) is 0 Å². The largest absolute Gasteiger partial charge is 0.369 e.